The summed E-state index contributed by atoms with van der Waals surface area (Å²) < 4.78 is 0. The Morgan fingerprint density at radius 1 is 0.769 bits per heavy atom. The van der Waals surface area contributed by atoms with E-state index in [0.29, 0.717) is 56.4 Å². The largest absolute Gasteiger partial charge is 0.480 e. The quantitative estimate of drug-likeness (QED) is 0.0542. The molecule has 0 aromatic rings. The minimum atomic E-state index is -1.03. The van der Waals surface area contributed by atoms with Crippen molar-refractivity contribution in [1.29, 1.82) is 0 Å². The highest BCUT2D eigenvalue weighted by molar-refractivity contribution is 5.84. The predicted molar refractivity (Wildman–Crippen MR) is 266 cm³/mol. The van der Waals surface area contributed by atoms with Gasteiger partial charge in [-0.15, -0.1) is 0 Å². The number of hydrogen-bond donors (Lipinski definition) is 5. The summed E-state index contributed by atoms with van der Waals surface area (Å²) in [5.41, 5.74) is 0.616. The number of carbonyl (C=O) groups excluding carboxylic acids is 2. The third-order valence-electron chi connectivity index (χ3n) is 17.7. The normalized spacial score (nSPS) is 35.0. The summed E-state index contributed by atoms with van der Waals surface area (Å²) >= 11 is 0. The van der Waals surface area contributed by atoms with E-state index in [-0.39, 0.29) is 45.8 Å². The summed E-state index contributed by atoms with van der Waals surface area (Å²) in [5, 5.41) is 38.3. The van der Waals surface area contributed by atoms with Crippen LogP contribution in [0.2, 0.25) is 0 Å². The summed E-state index contributed by atoms with van der Waals surface area (Å²) in [5.74, 6) is 0.192. The van der Waals surface area contributed by atoms with Crippen molar-refractivity contribution >= 4 is 17.8 Å². The fraction of sp³-hybridized carbons (Fsp3) is 0.702. The van der Waals surface area contributed by atoms with Gasteiger partial charge < -0.3 is 26.0 Å². The zero-order valence-corrected chi connectivity index (χ0v) is 41.5. The second-order valence-electron chi connectivity index (χ2n) is 22.0. The van der Waals surface area contributed by atoms with Crippen molar-refractivity contribution in [3.8, 4) is 0 Å². The second-order valence-corrected chi connectivity index (χ2v) is 22.0. The fourth-order valence-corrected chi connectivity index (χ4v) is 14.1. The molecule has 65 heavy (non-hydrogen) atoms. The third-order valence-corrected chi connectivity index (χ3v) is 17.7. The zero-order valence-electron chi connectivity index (χ0n) is 41.5. The van der Waals surface area contributed by atoms with Crippen LogP contribution in [-0.4, -0.2) is 57.9 Å². The van der Waals surface area contributed by atoms with Crippen molar-refractivity contribution in [2.24, 2.45) is 50.7 Å². The maximum absolute atomic E-state index is 14.5. The SMILES string of the molecule is CC/C=C\C/C=C\C/C=C\C/C=C\C/C=C\C/C=C\CCC(=O)NC(CCCCNC(=O)[C@]12CCC[C@H](C)[C@H]1C1=CC[C@@H]3[C@@]4(C)C[C@@H](O)[C@H](O)C(C)(C)[C@@H]4CC[C@@]3(C)[C@]1(C)CC2)C(=O)O. The monoisotopic (exact) mass is 897 g/mol. The van der Waals surface area contributed by atoms with Gasteiger partial charge in [-0.1, -0.05) is 146 Å². The summed E-state index contributed by atoms with van der Waals surface area (Å²) in [7, 11) is 0. The summed E-state index contributed by atoms with van der Waals surface area (Å²) in [6.45, 7) is 16.7. The van der Waals surface area contributed by atoms with E-state index in [1.165, 1.54) is 5.57 Å². The number of allylic oxidation sites excluding steroid dienone is 14. The molecule has 11 atom stereocenters. The number of carbonyl (C=O) groups is 3. The summed E-state index contributed by atoms with van der Waals surface area (Å²) in [4.78, 5) is 39.3. The Kier molecular flexibility index (Phi) is 19.0. The average molecular weight is 897 g/mol. The molecule has 1 unspecified atom stereocenters. The van der Waals surface area contributed by atoms with E-state index in [0.717, 1.165) is 89.9 Å². The molecule has 5 aliphatic carbocycles. The van der Waals surface area contributed by atoms with Gasteiger partial charge in [-0.25, -0.2) is 4.79 Å². The van der Waals surface area contributed by atoms with E-state index in [1.807, 2.05) is 12.2 Å². The first-order valence-electron chi connectivity index (χ1n) is 25.8. The smallest absolute Gasteiger partial charge is 0.326 e. The maximum atomic E-state index is 14.5. The van der Waals surface area contributed by atoms with Gasteiger partial charge in [0.1, 0.15) is 6.04 Å². The Bertz CT molecular complexity index is 1820. The van der Waals surface area contributed by atoms with E-state index >= 15 is 0 Å². The average Bonchev–Trinajstić information content (AvgIpc) is 3.26. The van der Waals surface area contributed by atoms with E-state index < -0.39 is 29.6 Å². The third kappa shape index (κ3) is 11.8. The lowest BCUT2D eigenvalue weighted by molar-refractivity contribution is -0.231. The number of aliphatic carboxylic acids is 1. The van der Waals surface area contributed by atoms with Crippen LogP contribution in [0.1, 0.15) is 177 Å². The predicted octanol–water partition coefficient (Wildman–Crippen LogP) is 12.1. The first-order valence-corrected chi connectivity index (χ1v) is 25.8. The van der Waals surface area contributed by atoms with Crippen LogP contribution in [0.4, 0.5) is 0 Å². The Balaban J connectivity index is 1.04. The number of rotatable bonds is 22. The van der Waals surface area contributed by atoms with Crippen molar-refractivity contribution in [2.45, 2.75) is 195 Å². The number of aliphatic hydroxyl groups excluding tert-OH is 2. The highest BCUT2D eigenvalue weighted by Crippen LogP contribution is 2.75. The molecule has 8 nitrogen and oxygen atoms in total. The summed E-state index contributed by atoms with van der Waals surface area (Å²) in [6, 6.07) is -0.949. The number of carboxylic acids is 1. The lowest BCUT2D eigenvalue weighted by Gasteiger charge is -2.71. The number of carboxylic acid groups (broad SMARTS) is 1. The van der Waals surface area contributed by atoms with Crippen LogP contribution in [0, 0.1) is 50.7 Å². The first-order chi connectivity index (χ1) is 31.0. The van der Waals surface area contributed by atoms with Gasteiger partial charge in [0.15, 0.2) is 0 Å². The van der Waals surface area contributed by atoms with Crippen molar-refractivity contribution in [2.75, 3.05) is 6.54 Å². The molecule has 5 rings (SSSR count). The molecule has 0 aliphatic heterocycles. The number of fused-ring (bicyclic) bond motifs is 7. The molecule has 8 heteroatoms. The molecule has 0 spiro atoms. The van der Waals surface area contributed by atoms with Crippen LogP contribution in [0.15, 0.2) is 84.6 Å². The molecule has 5 N–H and O–H groups in total. The lowest BCUT2D eigenvalue weighted by Crippen LogP contribution is -2.67. The van der Waals surface area contributed by atoms with Gasteiger partial charge in [-0.2, -0.15) is 0 Å². The maximum Gasteiger partial charge on any atom is 0.326 e. The van der Waals surface area contributed by atoms with E-state index in [1.54, 1.807) is 0 Å². The van der Waals surface area contributed by atoms with Gasteiger partial charge in [0.05, 0.1) is 17.6 Å². The molecule has 4 saturated carbocycles. The van der Waals surface area contributed by atoms with E-state index in [2.05, 4.69) is 126 Å². The van der Waals surface area contributed by atoms with Crippen molar-refractivity contribution in [3.05, 3.63) is 84.6 Å². The number of unbranched alkanes of at least 4 members (excludes halogenated alkanes) is 1. The molecule has 5 aliphatic rings. The molecule has 0 aromatic heterocycles. The standard InChI is InChI=1S/C57H88N2O6/c1-8-9-10-11-12-13-14-15-16-17-18-19-20-21-22-23-24-25-26-32-48(61)59-44(51(63)64)31-27-28-40-58-52(65)57-36-29-30-42(2)49(57)43-33-34-47-54(5)41-45(60)50(62)53(3,4)46(54)35-37-56(47,7)55(43,6)38-39-57/h9-10,12-13,15-16,18-19,21-22,24-25,33,42,44-47,49-50,60,62H,8,11,14,17,20,23,26-32,34-41H2,1-7H3,(H,58,65)(H,59,61)(H,63,64)/b10-9-,13-12-,16-15-,19-18-,22-21-,25-24-/t42-,44?,45+,46-,47+,49-,50-,54-,55+,56+,57-/m0/s1. The second kappa shape index (κ2) is 23.5. The minimum Gasteiger partial charge on any atom is -0.480 e. The fourth-order valence-electron chi connectivity index (χ4n) is 14.1. The molecular weight excluding hydrogens is 809 g/mol. The van der Waals surface area contributed by atoms with Gasteiger partial charge in [0, 0.05) is 13.0 Å². The Hall–Kier alpha value is -3.49. The van der Waals surface area contributed by atoms with Crippen molar-refractivity contribution < 1.29 is 29.7 Å². The van der Waals surface area contributed by atoms with Crippen LogP contribution < -0.4 is 10.6 Å². The molecule has 0 bridgehead atoms. The first kappa shape index (κ1) is 52.5. The molecule has 0 radical (unpaired) electrons. The highest BCUT2D eigenvalue weighted by Gasteiger charge is 2.70. The van der Waals surface area contributed by atoms with Gasteiger partial charge in [0.2, 0.25) is 11.8 Å². The Morgan fingerprint density at radius 3 is 1.97 bits per heavy atom. The molecular formula is C57H88N2O6. The lowest BCUT2D eigenvalue weighted by atomic mass is 9.33. The summed E-state index contributed by atoms with van der Waals surface area (Å²) in [6.07, 6.45) is 43.5. The highest BCUT2D eigenvalue weighted by atomic mass is 16.4. The van der Waals surface area contributed by atoms with Crippen LogP contribution in [0.5, 0.6) is 0 Å². The Morgan fingerprint density at radius 2 is 1.37 bits per heavy atom. The molecule has 0 heterocycles. The molecule has 362 valence electrons. The number of nitrogens with one attached hydrogen (secondary N) is 2. The minimum absolute atomic E-state index is 0.0322. The number of amides is 2. The van der Waals surface area contributed by atoms with Crippen LogP contribution in [0.3, 0.4) is 0 Å². The van der Waals surface area contributed by atoms with Crippen LogP contribution in [0.25, 0.3) is 0 Å². The van der Waals surface area contributed by atoms with Crippen molar-refractivity contribution in [1.82, 2.24) is 10.6 Å². The van der Waals surface area contributed by atoms with Gasteiger partial charge in [-0.05, 0) is 154 Å². The van der Waals surface area contributed by atoms with Gasteiger partial charge >= 0.3 is 5.97 Å². The van der Waals surface area contributed by atoms with Gasteiger partial charge in [-0.3, -0.25) is 9.59 Å². The molecule has 0 aromatic carbocycles. The van der Waals surface area contributed by atoms with Gasteiger partial charge in [0.25, 0.3) is 0 Å². The Labute approximate surface area is 393 Å². The van der Waals surface area contributed by atoms with Crippen LogP contribution >= 0.6 is 0 Å². The molecule has 0 saturated heterocycles. The molecule has 2 amide bonds. The van der Waals surface area contributed by atoms with Crippen LogP contribution in [-0.2, 0) is 14.4 Å². The number of hydrogen-bond acceptors (Lipinski definition) is 5. The number of aliphatic hydroxyl groups is 2. The van der Waals surface area contributed by atoms with E-state index in [4.69, 9.17) is 0 Å². The molecule has 4 fully saturated rings. The van der Waals surface area contributed by atoms with E-state index in [9.17, 15) is 29.7 Å². The zero-order chi connectivity index (χ0) is 47.3. The van der Waals surface area contributed by atoms with Crippen molar-refractivity contribution in [3.63, 3.8) is 0 Å². The topological polar surface area (TPSA) is 136 Å².